The highest BCUT2D eigenvalue weighted by molar-refractivity contribution is 5.93. The summed E-state index contributed by atoms with van der Waals surface area (Å²) in [5.74, 6) is -0.209. The summed E-state index contributed by atoms with van der Waals surface area (Å²) in [6.07, 6.45) is -0.0187. The summed E-state index contributed by atoms with van der Waals surface area (Å²) in [5.41, 5.74) is 1.23. The van der Waals surface area contributed by atoms with Gasteiger partial charge in [-0.25, -0.2) is 4.68 Å². The molecule has 2 aromatic rings. The summed E-state index contributed by atoms with van der Waals surface area (Å²) in [5, 5.41) is 18.9. The molecular weight excluding hydrogens is 314 g/mol. The van der Waals surface area contributed by atoms with E-state index in [0.717, 1.165) is 0 Å². The summed E-state index contributed by atoms with van der Waals surface area (Å²) < 4.78 is 6.87. The Labute approximate surface area is 138 Å². The van der Waals surface area contributed by atoms with Gasteiger partial charge >= 0.3 is 0 Å². The van der Waals surface area contributed by atoms with Gasteiger partial charge in [-0.05, 0) is 19.9 Å². The SMILES string of the molecule is Cc1c(C(=O)N2CCO[C@H](C)C2)nnn1-c1cccc([N+](=O)[O-])c1. The number of nitro groups is 1. The number of nitro benzene ring substituents is 1. The Hall–Kier alpha value is -2.81. The lowest BCUT2D eigenvalue weighted by Crippen LogP contribution is -2.44. The minimum Gasteiger partial charge on any atom is -0.375 e. The molecule has 3 rings (SSSR count). The maximum Gasteiger partial charge on any atom is 0.276 e. The van der Waals surface area contributed by atoms with Crippen molar-refractivity contribution in [2.75, 3.05) is 19.7 Å². The van der Waals surface area contributed by atoms with Crippen molar-refractivity contribution in [3.63, 3.8) is 0 Å². The molecule has 1 saturated heterocycles. The van der Waals surface area contributed by atoms with Crippen molar-refractivity contribution in [1.82, 2.24) is 19.9 Å². The molecular formula is C15H17N5O4. The number of hydrogen-bond donors (Lipinski definition) is 0. The van der Waals surface area contributed by atoms with Crippen LogP contribution in [0.1, 0.15) is 23.1 Å². The zero-order valence-corrected chi connectivity index (χ0v) is 13.4. The number of benzene rings is 1. The summed E-state index contributed by atoms with van der Waals surface area (Å²) in [6.45, 7) is 5.13. The molecule has 2 heterocycles. The average Bonchev–Trinajstić information content (AvgIpc) is 2.96. The smallest absolute Gasteiger partial charge is 0.276 e. The Morgan fingerprint density at radius 1 is 1.46 bits per heavy atom. The number of non-ortho nitro benzene ring substituents is 1. The fourth-order valence-electron chi connectivity index (χ4n) is 2.66. The molecule has 0 spiro atoms. The first-order valence-electron chi connectivity index (χ1n) is 7.55. The number of carbonyl (C=O) groups is 1. The molecule has 1 aromatic carbocycles. The average molecular weight is 331 g/mol. The van der Waals surface area contributed by atoms with Crippen molar-refractivity contribution in [3.05, 3.63) is 45.8 Å². The van der Waals surface area contributed by atoms with Crippen molar-refractivity contribution in [2.45, 2.75) is 20.0 Å². The quantitative estimate of drug-likeness (QED) is 0.621. The zero-order chi connectivity index (χ0) is 17.3. The highest BCUT2D eigenvalue weighted by atomic mass is 16.6. The van der Waals surface area contributed by atoms with Crippen LogP contribution < -0.4 is 0 Å². The molecule has 1 aliphatic heterocycles. The van der Waals surface area contributed by atoms with Gasteiger partial charge in [-0.1, -0.05) is 11.3 Å². The van der Waals surface area contributed by atoms with E-state index in [1.54, 1.807) is 24.0 Å². The van der Waals surface area contributed by atoms with E-state index >= 15 is 0 Å². The number of ether oxygens (including phenoxy) is 1. The van der Waals surface area contributed by atoms with Gasteiger partial charge in [0, 0.05) is 25.2 Å². The van der Waals surface area contributed by atoms with E-state index in [2.05, 4.69) is 10.3 Å². The predicted molar refractivity (Wildman–Crippen MR) is 84.1 cm³/mol. The van der Waals surface area contributed by atoms with Gasteiger partial charge in [-0.2, -0.15) is 0 Å². The fourth-order valence-corrected chi connectivity index (χ4v) is 2.66. The predicted octanol–water partition coefficient (Wildman–Crippen LogP) is 1.34. The number of nitrogens with zero attached hydrogens (tertiary/aromatic N) is 5. The maximum atomic E-state index is 12.6. The Morgan fingerprint density at radius 2 is 2.25 bits per heavy atom. The number of amides is 1. The zero-order valence-electron chi connectivity index (χ0n) is 13.4. The first kappa shape index (κ1) is 16.1. The van der Waals surface area contributed by atoms with Gasteiger partial charge in [0.2, 0.25) is 0 Å². The summed E-state index contributed by atoms with van der Waals surface area (Å²) >= 11 is 0. The summed E-state index contributed by atoms with van der Waals surface area (Å²) in [6, 6.07) is 6.04. The highest BCUT2D eigenvalue weighted by Gasteiger charge is 2.27. The fraction of sp³-hybridized carbons (Fsp3) is 0.400. The standard InChI is InChI=1S/C15H17N5O4/c1-10-9-18(6-7-24-10)15(21)14-11(2)19(17-16-14)12-4-3-5-13(8-12)20(22)23/h3-5,8,10H,6-7,9H2,1-2H3/t10-/m1/s1. The largest absolute Gasteiger partial charge is 0.375 e. The van der Waals surface area contributed by atoms with E-state index in [1.165, 1.54) is 16.8 Å². The van der Waals surface area contributed by atoms with Crippen LogP contribution in [0.3, 0.4) is 0 Å². The van der Waals surface area contributed by atoms with E-state index < -0.39 is 4.92 Å². The second-order valence-corrected chi connectivity index (χ2v) is 5.64. The van der Waals surface area contributed by atoms with Gasteiger partial charge < -0.3 is 9.64 Å². The second kappa shape index (κ2) is 6.36. The lowest BCUT2D eigenvalue weighted by Gasteiger charge is -2.30. The molecule has 24 heavy (non-hydrogen) atoms. The second-order valence-electron chi connectivity index (χ2n) is 5.64. The minimum absolute atomic E-state index is 0.0187. The van der Waals surface area contributed by atoms with Crippen molar-refractivity contribution < 1.29 is 14.5 Å². The van der Waals surface area contributed by atoms with Gasteiger partial charge in [0.15, 0.2) is 5.69 Å². The highest BCUT2D eigenvalue weighted by Crippen LogP contribution is 2.19. The maximum absolute atomic E-state index is 12.6. The van der Waals surface area contributed by atoms with Crippen LogP contribution in [0.5, 0.6) is 0 Å². The molecule has 1 atom stereocenters. The van der Waals surface area contributed by atoms with Crippen LogP contribution in [0.25, 0.3) is 5.69 Å². The normalized spacial score (nSPS) is 17.8. The third-order valence-corrected chi connectivity index (χ3v) is 3.91. The van der Waals surface area contributed by atoms with Crippen molar-refractivity contribution in [3.8, 4) is 5.69 Å². The van der Waals surface area contributed by atoms with Crippen LogP contribution in [0, 0.1) is 17.0 Å². The Kier molecular flexibility index (Phi) is 4.26. The molecule has 126 valence electrons. The van der Waals surface area contributed by atoms with Crippen LogP contribution in [0.2, 0.25) is 0 Å². The van der Waals surface area contributed by atoms with Crippen LogP contribution in [0.4, 0.5) is 5.69 Å². The Bertz CT molecular complexity index is 788. The van der Waals surface area contributed by atoms with Gasteiger partial charge in [0.05, 0.1) is 29.0 Å². The number of hydrogen-bond acceptors (Lipinski definition) is 6. The van der Waals surface area contributed by atoms with Crippen LogP contribution in [-0.4, -0.2) is 56.5 Å². The van der Waals surface area contributed by atoms with E-state index in [1.807, 2.05) is 6.92 Å². The van der Waals surface area contributed by atoms with Crippen molar-refractivity contribution in [2.24, 2.45) is 0 Å². The lowest BCUT2D eigenvalue weighted by molar-refractivity contribution is -0.384. The lowest BCUT2D eigenvalue weighted by atomic mass is 10.2. The van der Waals surface area contributed by atoms with E-state index in [4.69, 9.17) is 4.74 Å². The summed E-state index contributed by atoms with van der Waals surface area (Å²) in [7, 11) is 0. The molecule has 9 heteroatoms. The third-order valence-electron chi connectivity index (χ3n) is 3.91. The van der Waals surface area contributed by atoms with Gasteiger partial charge in [0.25, 0.3) is 11.6 Å². The molecule has 1 aliphatic rings. The molecule has 9 nitrogen and oxygen atoms in total. The molecule has 0 saturated carbocycles. The number of rotatable bonds is 3. The van der Waals surface area contributed by atoms with E-state index in [0.29, 0.717) is 31.1 Å². The Balaban J connectivity index is 1.90. The van der Waals surface area contributed by atoms with Crippen molar-refractivity contribution >= 4 is 11.6 Å². The van der Waals surface area contributed by atoms with Gasteiger partial charge in [-0.15, -0.1) is 5.10 Å². The molecule has 0 N–H and O–H groups in total. The molecule has 0 unspecified atom stereocenters. The van der Waals surface area contributed by atoms with Crippen LogP contribution >= 0.6 is 0 Å². The molecule has 0 bridgehead atoms. The third kappa shape index (κ3) is 2.98. The van der Waals surface area contributed by atoms with Crippen molar-refractivity contribution in [1.29, 1.82) is 0 Å². The first-order chi connectivity index (χ1) is 11.5. The first-order valence-corrected chi connectivity index (χ1v) is 7.55. The topological polar surface area (TPSA) is 103 Å². The molecule has 1 fully saturated rings. The van der Waals surface area contributed by atoms with E-state index in [-0.39, 0.29) is 23.4 Å². The Morgan fingerprint density at radius 3 is 2.96 bits per heavy atom. The van der Waals surface area contributed by atoms with Crippen LogP contribution in [-0.2, 0) is 4.74 Å². The van der Waals surface area contributed by atoms with Gasteiger partial charge in [-0.3, -0.25) is 14.9 Å². The monoisotopic (exact) mass is 331 g/mol. The number of aromatic nitrogens is 3. The molecule has 0 radical (unpaired) electrons. The van der Waals surface area contributed by atoms with Gasteiger partial charge in [0.1, 0.15) is 0 Å². The molecule has 0 aliphatic carbocycles. The van der Waals surface area contributed by atoms with E-state index in [9.17, 15) is 14.9 Å². The number of carbonyl (C=O) groups excluding carboxylic acids is 1. The number of morpholine rings is 1. The molecule has 1 amide bonds. The molecule has 1 aromatic heterocycles. The summed E-state index contributed by atoms with van der Waals surface area (Å²) in [4.78, 5) is 24.7. The minimum atomic E-state index is -0.475. The van der Waals surface area contributed by atoms with Crippen LogP contribution in [0.15, 0.2) is 24.3 Å².